The maximum Gasteiger partial charge on any atom is 0.125 e. The van der Waals surface area contributed by atoms with E-state index in [1.165, 1.54) is 17.7 Å². The van der Waals surface area contributed by atoms with Gasteiger partial charge in [0.1, 0.15) is 5.82 Å². The van der Waals surface area contributed by atoms with Gasteiger partial charge in [-0.3, -0.25) is 0 Å². The molecule has 0 spiro atoms. The molecule has 2 aromatic rings. The number of rotatable bonds is 5. The molecule has 0 aliphatic carbocycles. The molecule has 3 heteroatoms. The highest BCUT2D eigenvalue weighted by atomic mass is 35.5. The van der Waals surface area contributed by atoms with Crippen LogP contribution in [-0.2, 0) is 0 Å². The third kappa shape index (κ3) is 3.81. The summed E-state index contributed by atoms with van der Waals surface area (Å²) < 4.78 is 13.4. The Morgan fingerprint density at radius 2 is 1.95 bits per heavy atom. The van der Waals surface area contributed by atoms with Crippen LogP contribution in [0.3, 0.4) is 0 Å². The van der Waals surface area contributed by atoms with Gasteiger partial charge in [0.15, 0.2) is 0 Å². The quantitative estimate of drug-likeness (QED) is 0.797. The summed E-state index contributed by atoms with van der Waals surface area (Å²) in [6, 6.07) is 13.0. The second kappa shape index (κ2) is 6.87. The first kappa shape index (κ1) is 15.0. The summed E-state index contributed by atoms with van der Waals surface area (Å²) in [4.78, 5) is 0. The molecular formula is C17H19ClFN. The molecular weight excluding hydrogens is 273 g/mol. The Kier molecular flexibility index (Phi) is 5.16. The summed E-state index contributed by atoms with van der Waals surface area (Å²) in [6.07, 6.45) is 1.10. The minimum atomic E-state index is -0.310. The fraction of sp³-hybridized carbons (Fsp3) is 0.294. The lowest BCUT2D eigenvalue weighted by molar-refractivity contribution is 0.571. The summed E-state index contributed by atoms with van der Waals surface area (Å²) in [7, 11) is 0. The molecule has 20 heavy (non-hydrogen) atoms. The van der Waals surface area contributed by atoms with Crippen LogP contribution in [0.1, 0.15) is 31.9 Å². The summed E-state index contributed by atoms with van der Waals surface area (Å²) in [5.41, 5.74) is 2.98. The zero-order valence-corrected chi connectivity index (χ0v) is 12.5. The Hall–Kier alpha value is -1.38. The van der Waals surface area contributed by atoms with Crippen LogP contribution in [0.5, 0.6) is 0 Å². The fourth-order valence-corrected chi connectivity index (χ4v) is 2.41. The lowest BCUT2D eigenvalue weighted by Gasteiger charge is -2.15. The largest absolute Gasteiger partial charge is 0.310 e. The first-order chi connectivity index (χ1) is 9.60. The van der Waals surface area contributed by atoms with Crippen LogP contribution in [0, 0.1) is 5.82 Å². The molecule has 1 nitrogen and oxygen atoms in total. The van der Waals surface area contributed by atoms with Crippen LogP contribution in [0.25, 0.3) is 11.1 Å². The Bertz CT molecular complexity index is 563. The molecule has 0 amide bonds. The van der Waals surface area contributed by atoms with Gasteiger partial charge >= 0.3 is 0 Å². The van der Waals surface area contributed by atoms with E-state index in [9.17, 15) is 4.39 Å². The predicted molar refractivity (Wildman–Crippen MR) is 83.6 cm³/mol. The highest BCUT2D eigenvalue weighted by Crippen LogP contribution is 2.26. The van der Waals surface area contributed by atoms with Crippen molar-refractivity contribution in [1.82, 2.24) is 5.32 Å². The van der Waals surface area contributed by atoms with E-state index in [0.29, 0.717) is 5.02 Å². The molecule has 2 rings (SSSR count). The van der Waals surface area contributed by atoms with Gasteiger partial charge in [-0.25, -0.2) is 4.39 Å². The fourth-order valence-electron chi connectivity index (χ4n) is 2.19. The molecule has 0 saturated carbocycles. The van der Waals surface area contributed by atoms with Crippen molar-refractivity contribution in [2.45, 2.75) is 26.3 Å². The van der Waals surface area contributed by atoms with Crippen molar-refractivity contribution < 1.29 is 4.39 Å². The second-order valence-corrected chi connectivity index (χ2v) is 5.40. The molecule has 0 saturated heterocycles. The van der Waals surface area contributed by atoms with E-state index in [0.717, 1.165) is 24.1 Å². The molecule has 0 radical (unpaired) electrons. The Morgan fingerprint density at radius 3 is 2.65 bits per heavy atom. The average molecular weight is 292 g/mol. The monoisotopic (exact) mass is 291 g/mol. The highest BCUT2D eigenvalue weighted by Gasteiger charge is 2.07. The van der Waals surface area contributed by atoms with E-state index in [2.05, 4.69) is 31.3 Å². The molecule has 106 valence electrons. The topological polar surface area (TPSA) is 12.0 Å². The van der Waals surface area contributed by atoms with Gasteiger partial charge in [0.2, 0.25) is 0 Å². The van der Waals surface area contributed by atoms with Gasteiger partial charge in [0.05, 0.1) is 0 Å². The molecule has 0 aromatic heterocycles. The van der Waals surface area contributed by atoms with Crippen LogP contribution in [0.15, 0.2) is 42.5 Å². The molecule has 1 N–H and O–H groups in total. The van der Waals surface area contributed by atoms with E-state index in [1.54, 1.807) is 6.07 Å². The van der Waals surface area contributed by atoms with Crippen LogP contribution in [0.4, 0.5) is 4.39 Å². The van der Waals surface area contributed by atoms with E-state index in [-0.39, 0.29) is 11.9 Å². The summed E-state index contributed by atoms with van der Waals surface area (Å²) in [5, 5.41) is 3.87. The summed E-state index contributed by atoms with van der Waals surface area (Å²) in [6.45, 7) is 5.26. The lowest BCUT2D eigenvalue weighted by Crippen LogP contribution is -2.19. The van der Waals surface area contributed by atoms with E-state index < -0.39 is 0 Å². The van der Waals surface area contributed by atoms with Crippen molar-refractivity contribution in [2.75, 3.05) is 6.54 Å². The normalized spacial score (nSPS) is 12.4. The van der Waals surface area contributed by atoms with Gasteiger partial charge in [0.25, 0.3) is 0 Å². The number of benzene rings is 2. The lowest BCUT2D eigenvalue weighted by atomic mass is 10.00. The summed E-state index contributed by atoms with van der Waals surface area (Å²) in [5.74, 6) is -0.310. The average Bonchev–Trinajstić information content (AvgIpc) is 2.44. The zero-order valence-electron chi connectivity index (χ0n) is 11.8. The Morgan fingerprint density at radius 1 is 1.15 bits per heavy atom. The first-order valence-corrected chi connectivity index (χ1v) is 7.27. The molecule has 2 aromatic carbocycles. The standard InChI is InChI=1S/C17H19ClFN/c1-3-7-20-12(2)13-5-4-6-14(8-13)15-9-16(18)11-17(19)10-15/h4-6,8-12,20H,3,7H2,1-2H3. The maximum atomic E-state index is 13.4. The maximum absolute atomic E-state index is 13.4. The van der Waals surface area contributed by atoms with Crippen LogP contribution >= 0.6 is 11.6 Å². The SMILES string of the molecule is CCCNC(C)c1cccc(-c2cc(F)cc(Cl)c2)c1. The van der Waals surface area contributed by atoms with Gasteiger partial charge in [-0.2, -0.15) is 0 Å². The van der Waals surface area contributed by atoms with E-state index >= 15 is 0 Å². The third-order valence-electron chi connectivity index (χ3n) is 3.28. The van der Waals surface area contributed by atoms with Crippen LogP contribution in [-0.4, -0.2) is 6.54 Å². The Balaban J connectivity index is 2.29. The van der Waals surface area contributed by atoms with Gasteiger partial charge in [-0.05, 0) is 60.8 Å². The van der Waals surface area contributed by atoms with Gasteiger partial charge in [-0.15, -0.1) is 0 Å². The highest BCUT2D eigenvalue weighted by molar-refractivity contribution is 6.30. The van der Waals surface area contributed by atoms with Gasteiger partial charge < -0.3 is 5.32 Å². The van der Waals surface area contributed by atoms with Crippen molar-refractivity contribution in [3.63, 3.8) is 0 Å². The molecule has 1 atom stereocenters. The molecule has 0 aliphatic rings. The second-order valence-electron chi connectivity index (χ2n) is 4.96. The number of hydrogen-bond donors (Lipinski definition) is 1. The molecule has 0 heterocycles. The third-order valence-corrected chi connectivity index (χ3v) is 3.50. The smallest absolute Gasteiger partial charge is 0.125 e. The van der Waals surface area contributed by atoms with E-state index in [4.69, 9.17) is 11.6 Å². The number of nitrogens with one attached hydrogen (secondary N) is 1. The molecule has 1 unspecified atom stereocenters. The molecule has 0 bridgehead atoms. The van der Waals surface area contributed by atoms with Crippen LogP contribution in [0.2, 0.25) is 5.02 Å². The minimum absolute atomic E-state index is 0.277. The van der Waals surface area contributed by atoms with Crippen LogP contribution < -0.4 is 5.32 Å². The van der Waals surface area contributed by atoms with Crippen molar-refractivity contribution in [1.29, 1.82) is 0 Å². The first-order valence-electron chi connectivity index (χ1n) is 6.90. The van der Waals surface area contributed by atoms with Crippen molar-refractivity contribution >= 4 is 11.6 Å². The summed E-state index contributed by atoms with van der Waals surface area (Å²) >= 11 is 5.92. The van der Waals surface area contributed by atoms with Crippen molar-refractivity contribution in [3.05, 3.63) is 58.9 Å². The minimum Gasteiger partial charge on any atom is -0.310 e. The predicted octanol–water partition coefficient (Wildman–Crippen LogP) is 5.21. The molecule has 0 aliphatic heterocycles. The number of halogens is 2. The number of hydrogen-bond acceptors (Lipinski definition) is 1. The van der Waals surface area contributed by atoms with Gasteiger partial charge in [0, 0.05) is 11.1 Å². The zero-order chi connectivity index (χ0) is 14.5. The Labute approximate surface area is 124 Å². The van der Waals surface area contributed by atoms with Crippen molar-refractivity contribution in [3.8, 4) is 11.1 Å². The van der Waals surface area contributed by atoms with Gasteiger partial charge in [-0.1, -0.05) is 36.7 Å². The van der Waals surface area contributed by atoms with E-state index in [1.807, 2.05) is 12.1 Å². The molecule has 0 fully saturated rings. The van der Waals surface area contributed by atoms with Crippen molar-refractivity contribution in [2.24, 2.45) is 0 Å².